The highest BCUT2D eigenvalue weighted by Crippen LogP contribution is 2.30. The highest BCUT2D eigenvalue weighted by Gasteiger charge is 2.16. The third kappa shape index (κ3) is 3.11. The van der Waals surface area contributed by atoms with Gasteiger partial charge in [-0.25, -0.2) is 0 Å². The van der Waals surface area contributed by atoms with Crippen LogP contribution in [0.1, 0.15) is 18.6 Å². The standard InChI is InChI=1S/C12H13NO4/c1-8(14)17-12(7-13)9-4-5-10(15-2)11(6-9)16-3/h4-6,12H,1-3H3. The van der Waals surface area contributed by atoms with Crippen LogP contribution >= 0.6 is 0 Å². The summed E-state index contributed by atoms with van der Waals surface area (Å²) in [4.78, 5) is 10.8. The molecular formula is C12H13NO4. The first-order valence-corrected chi connectivity index (χ1v) is 4.91. The second kappa shape index (κ2) is 5.75. The summed E-state index contributed by atoms with van der Waals surface area (Å²) < 4.78 is 15.0. The van der Waals surface area contributed by atoms with Crippen molar-refractivity contribution in [2.24, 2.45) is 0 Å². The lowest BCUT2D eigenvalue weighted by Crippen LogP contribution is -2.06. The minimum atomic E-state index is -0.938. The number of hydrogen-bond donors (Lipinski definition) is 0. The van der Waals surface area contributed by atoms with E-state index in [1.54, 1.807) is 18.2 Å². The number of nitrogens with zero attached hydrogens (tertiary/aromatic N) is 1. The van der Waals surface area contributed by atoms with Gasteiger partial charge in [0, 0.05) is 12.5 Å². The van der Waals surface area contributed by atoms with E-state index >= 15 is 0 Å². The fourth-order valence-corrected chi connectivity index (χ4v) is 1.35. The molecule has 0 N–H and O–H groups in total. The van der Waals surface area contributed by atoms with Gasteiger partial charge in [-0.15, -0.1) is 0 Å². The quantitative estimate of drug-likeness (QED) is 0.745. The summed E-state index contributed by atoms with van der Waals surface area (Å²) in [6, 6.07) is 6.81. The average molecular weight is 235 g/mol. The zero-order chi connectivity index (χ0) is 12.8. The van der Waals surface area contributed by atoms with E-state index in [0.29, 0.717) is 17.1 Å². The largest absolute Gasteiger partial charge is 0.493 e. The third-order valence-electron chi connectivity index (χ3n) is 2.11. The number of nitriles is 1. The Hall–Kier alpha value is -2.22. The van der Waals surface area contributed by atoms with Gasteiger partial charge in [0.1, 0.15) is 6.07 Å². The van der Waals surface area contributed by atoms with Crippen LogP contribution in [0.25, 0.3) is 0 Å². The molecule has 0 saturated heterocycles. The molecule has 0 aromatic heterocycles. The molecule has 0 aliphatic carbocycles. The van der Waals surface area contributed by atoms with Gasteiger partial charge in [-0.1, -0.05) is 6.07 Å². The van der Waals surface area contributed by atoms with Crippen molar-refractivity contribution < 1.29 is 19.0 Å². The van der Waals surface area contributed by atoms with E-state index in [9.17, 15) is 4.79 Å². The third-order valence-corrected chi connectivity index (χ3v) is 2.11. The van der Waals surface area contributed by atoms with Gasteiger partial charge in [-0.05, 0) is 12.1 Å². The highest BCUT2D eigenvalue weighted by atomic mass is 16.5. The summed E-state index contributed by atoms with van der Waals surface area (Å²) in [6.07, 6.45) is -0.938. The number of rotatable bonds is 4. The summed E-state index contributed by atoms with van der Waals surface area (Å²) in [5.74, 6) is 0.527. The van der Waals surface area contributed by atoms with Crippen molar-refractivity contribution in [2.75, 3.05) is 14.2 Å². The smallest absolute Gasteiger partial charge is 0.304 e. The van der Waals surface area contributed by atoms with Crippen molar-refractivity contribution in [3.63, 3.8) is 0 Å². The molecule has 0 bridgehead atoms. The number of ether oxygens (including phenoxy) is 3. The predicted molar refractivity (Wildman–Crippen MR) is 59.7 cm³/mol. The Morgan fingerprint density at radius 1 is 1.29 bits per heavy atom. The van der Waals surface area contributed by atoms with Crippen LogP contribution in [-0.4, -0.2) is 20.2 Å². The summed E-state index contributed by atoms with van der Waals surface area (Å²) in [5, 5.41) is 8.92. The van der Waals surface area contributed by atoms with E-state index in [0.717, 1.165) is 0 Å². The van der Waals surface area contributed by atoms with Gasteiger partial charge in [0.05, 0.1) is 14.2 Å². The van der Waals surface area contributed by atoms with Crippen molar-refractivity contribution >= 4 is 5.97 Å². The lowest BCUT2D eigenvalue weighted by Gasteiger charge is -2.13. The highest BCUT2D eigenvalue weighted by molar-refractivity contribution is 5.66. The van der Waals surface area contributed by atoms with E-state index in [-0.39, 0.29) is 0 Å². The van der Waals surface area contributed by atoms with Gasteiger partial charge in [-0.3, -0.25) is 4.79 Å². The van der Waals surface area contributed by atoms with Gasteiger partial charge < -0.3 is 14.2 Å². The normalized spacial score (nSPS) is 11.2. The van der Waals surface area contributed by atoms with Crippen molar-refractivity contribution in [1.82, 2.24) is 0 Å². The number of benzene rings is 1. The maximum atomic E-state index is 10.8. The van der Waals surface area contributed by atoms with Crippen LogP contribution in [0.4, 0.5) is 0 Å². The molecule has 1 rings (SSSR count). The van der Waals surface area contributed by atoms with Crippen LogP contribution in [0, 0.1) is 11.3 Å². The number of methoxy groups -OCH3 is 2. The Balaban J connectivity index is 3.05. The van der Waals surface area contributed by atoms with Crippen molar-refractivity contribution in [3.8, 4) is 17.6 Å². The van der Waals surface area contributed by atoms with Crippen molar-refractivity contribution in [3.05, 3.63) is 23.8 Å². The molecule has 5 nitrogen and oxygen atoms in total. The van der Waals surface area contributed by atoms with Crippen LogP contribution in [0.15, 0.2) is 18.2 Å². The zero-order valence-corrected chi connectivity index (χ0v) is 9.89. The first-order chi connectivity index (χ1) is 8.12. The second-order valence-corrected chi connectivity index (χ2v) is 3.23. The van der Waals surface area contributed by atoms with Gasteiger partial charge in [-0.2, -0.15) is 5.26 Å². The van der Waals surface area contributed by atoms with E-state index in [4.69, 9.17) is 19.5 Å². The topological polar surface area (TPSA) is 68.5 Å². The molecule has 17 heavy (non-hydrogen) atoms. The lowest BCUT2D eigenvalue weighted by atomic mass is 10.1. The molecule has 0 radical (unpaired) electrons. The maximum absolute atomic E-state index is 10.8. The molecule has 1 unspecified atom stereocenters. The van der Waals surface area contributed by atoms with E-state index in [2.05, 4.69) is 0 Å². The van der Waals surface area contributed by atoms with Gasteiger partial charge in [0.25, 0.3) is 0 Å². The molecule has 0 spiro atoms. The molecule has 90 valence electrons. The molecule has 0 heterocycles. The number of carbonyl (C=O) groups excluding carboxylic acids is 1. The molecule has 0 aliphatic heterocycles. The molecule has 5 heteroatoms. The Morgan fingerprint density at radius 3 is 2.41 bits per heavy atom. The number of hydrogen-bond acceptors (Lipinski definition) is 5. The minimum Gasteiger partial charge on any atom is -0.493 e. The fraction of sp³-hybridized carbons (Fsp3) is 0.333. The van der Waals surface area contributed by atoms with Crippen molar-refractivity contribution in [2.45, 2.75) is 13.0 Å². The predicted octanol–water partition coefficient (Wildman–Crippen LogP) is 1.83. The van der Waals surface area contributed by atoms with E-state index < -0.39 is 12.1 Å². The Bertz CT molecular complexity index is 450. The van der Waals surface area contributed by atoms with E-state index in [1.807, 2.05) is 6.07 Å². The summed E-state index contributed by atoms with van der Waals surface area (Å²) in [7, 11) is 3.01. The molecule has 0 aliphatic rings. The molecule has 1 aromatic rings. The van der Waals surface area contributed by atoms with E-state index in [1.165, 1.54) is 21.1 Å². The maximum Gasteiger partial charge on any atom is 0.304 e. The first kappa shape index (κ1) is 12.8. The lowest BCUT2D eigenvalue weighted by molar-refractivity contribution is -0.144. The van der Waals surface area contributed by atoms with Crippen LogP contribution in [0.2, 0.25) is 0 Å². The Morgan fingerprint density at radius 2 is 1.94 bits per heavy atom. The summed E-state index contributed by atoms with van der Waals surface area (Å²) in [6.45, 7) is 1.26. The molecule has 0 fully saturated rings. The number of carbonyl (C=O) groups is 1. The first-order valence-electron chi connectivity index (χ1n) is 4.91. The van der Waals surface area contributed by atoms with Gasteiger partial charge in [0.15, 0.2) is 11.5 Å². The average Bonchev–Trinajstić information content (AvgIpc) is 2.34. The minimum absolute atomic E-state index is 0.484. The van der Waals surface area contributed by atoms with Crippen molar-refractivity contribution in [1.29, 1.82) is 5.26 Å². The molecule has 0 saturated carbocycles. The molecule has 1 atom stereocenters. The van der Waals surface area contributed by atoms with Crippen LogP contribution in [0.3, 0.4) is 0 Å². The van der Waals surface area contributed by atoms with Crippen LogP contribution < -0.4 is 9.47 Å². The Kier molecular flexibility index (Phi) is 4.35. The molecule has 1 aromatic carbocycles. The van der Waals surface area contributed by atoms with Crippen LogP contribution in [0.5, 0.6) is 11.5 Å². The monoisotopic (exact) mass is 235 g/mol. The second-order valence-electron chi connectivity index (χ2n) is 3.23. The Labute approximate surface area is 99.5 Å². The van der Waals surface area contributed by atoms with Gasteiger partial charge >= 0.3 is 5.97 Å². The van der Waals surface area contributed by atoms with Gasteiger partial charge in [0.2, 0.25) is 6.10 Å². The zero-order valence-electron chi connectivity index (χ0n) is 9.89. The molecular weight excluding hydrogens is 222 g/mol. The fourth-order valence-electron chi connectivity index (χ4n) is 1.35. The van der Waals surface area contributed by atoms with Crippen LogP contribution in [-0.2, 0) is 9.53 Å². The summed E-state index contributed by atoms with van der Waals surface area (Å²) >= 11 is 0. The summed E-state index contributed by atoms with van der Waals surface area (Å²) in [5.41, 5.74) is 0.542. The SMILES string of the molecule is COc1ccc(C(C#N)OC(C)=O)cc1OC. The number of esters is 1. The molecule has 0 amide bonds.